The van der Waals surface area contributed by atoms with Crippen molar-refractivity contribution in [3.8, 4) is 10.7 Å². The van der Waals surface area contributed by atoms with Crippen LogP contribution in [0.5, 0.6) is 0 Å². The molecule has 1 N–H and O–H groups in total. The number of esters is 2. The van der Waals surface area contributed by atoms with E-state index >= 15 is 0 Å². The van der Waals surface area contributed by atoms with E-state index in [1.54, 1.807) is 9.58 Å². The number of hydrogen-bond donors (Lipinski definition) is 1. The van der Waals surface area contributed by atoms with Gasteiger partial charge in [0.1, 0.15) is 0 Å². The number of aromatic nitrogens is 3. The first kappa shape index (κ1) is 17.3. The molecule has 8 nitrogen and oxygen atoms in total. The van der Waals surface area contributed by atoms with Crippen molar-refractivity contribution in [1.82, 2.24) is 19.7 Å². The number of nitrogens with one attached hydrogen (secondary N) is 1. The van der Waals surface area contributed by atoms with Gasteiger partial charge in [0.2, 0.25) is 4.77 Å². The third kappa shape index (κ3) is 4.71. The van der Waals surface area contributed by atoms with Gasteiger partial charge in [-0.05, 0) is 23.7 Å². The van der Waals surface area contributed by atoms with Crippen molar-refractivity contribution in [3.63, 3.8) is 0 Å². The van der Waals surface area contributed by atoms with Crippen LogP contribution >= 0.6 is 23.6 Å². The highest BCUT2D eigenvalue weighted by molar-refractivity contribution is 7.71. The normalized spacial score (nSPS) is 10.7. The molecule has 124 valence electrons. The zero-order valence-electron chi connectivity index (χ0n) is 12.6. The first-order valence-electron chi connectivity index (χ1n) is 6.60. The van der Waals surface area contributed by atoms with E-state index in [0.717, 1.165) is 4.88 Å². The Morgan fingerprint density at radius 1 is 1.35 bits per heavy atom. The van der Waals surface area contributed by atoms with E-state index in [4.69, 9.17) is 12.2 Å². The monoisotopic (exact) mass is 356 g/mol. The van der Waals surface area contributed by atoms with Crippen LogP contribution in [0.2, 0.25) is 0 Å². The molecular formula is C13H16N4O4S2. The van der Waals surface area contributed by atoms with Crippen LogP contribution in [0.15, 0.2) is 17.5 Å². The Morgan fingerprint density at radius 3 is 2.52 bits per heavy atom. The van der Waals surface area contributed by atoms with Gasteiger partial charge in [-0.3, -0.25) is 19.6 Å². The molecule has 0 radical (unpaired) electrons. The maximum Gasteiger partial charge on any atom is 0.319 e. The molecule has 2 rings (SSSR count). The minimum Gasteiger partial charge on any atom is -0.468 e. The number of nitrogens with zero attached hydrogens (tertiary/aromatic N) is 3. The molecule has 10 heteroatoms. The molecule has 2 aromatic heterocycles. The van der Waals surface area contributed by atoms with E-state index in [1.165, 1.54) is 25.6 Å². The minimum atomic E-state index is -0.460. The smallest absolute Gasteiger partial charge is 0.319 e. The third-order valence-corrected chi connectivity index (χ3v) is 4.12. The molecule has 0 aromatic carbocycles. The molecule has 0 spiro atoms. The van der Waals surface area contributed by atoms with Crippen molar-refractivity contribution in [1.29, 1.82) is 0 Å². The molecule has 2 aromatic rings. The molecule has 0 amide bonds. The Hall–Kier alpha value is -2.04. The number of thiophene rings is 1. The molecule has 0 fully saturated rings. The first-order valence-corrected chi connectivity index (χ1v) is 7.89. The van der Waals surface area contributed by atoms with Crippen LogP contribution in [0, 0.1) is 4.77 Å². The summed E-state index contributed by atoms with van der Waals surface area (Å²) < 4.78 is 11.2. The van der Waals surface area contributed by atoms with Gasteiger partial charge in [0.15, 0.2) is 5.82 Å². The number of aromatic amines is 1. The van der Waals surface area contributed by atoms with Gasteiger partial charge < -0.3 is 9.47 Å². The van der Waals surface area contributed by atoms with E-state index in [9.17, 15) is 9.59 Å². The molecule has 0 bridgehead atoms. The van der Waals surface area contributed by atoms with Gasteiger partial charge in [0.25, 0.3) is 0 Å². The van der Waals surface area contributed by atoms with E-state index < -0.39 is 11.9 Å². The van der Waals surface area contributed by atoms with Gasteiger partial charge in [0.05, 0.1) is 38.9 Å². The highest BCUT2D eigenvalue weighted by atomic mass is 32.1. The fourth-order valence-corrected chi connectivity index (χ4v) is 2.68. The highest BCUT2D eigenvalue weighted by Gasteiger charge is 2.17. The average molecular weight is 356 g/mol. The summed E-state index contributed by atoms with van der Waals surface area (Å²) in [5.41, 5.74) is 0. The number of carbonyl (C=O) groups excluding carboxylic acids is 2. The van der Waals surface area contributed by atoms with E-state index in [-0.39, 0.29) is 19.8 Å². The summed E-state index contributed by atoms with van der Waals surface area (Å²) in [5, 5.41) is 5.00. The summed E-state index contributed by atoms with van der Waals surface area (Å²) in [5.74, 6) is -0.280. The van der Waals surface area contributed by atoms with Crippen molar-refractivity contribution in [2.75, 3.05) is 27.3 Å². The number of carbonyl (C=O) groups is 2. The highest BCUT2D eigenvalue weighted by Crippen LogP contribution is 2.20. The lowest BCUT2D eigenvalue weighted by Gasteiger charge is -2.19. The van der Waals surface area contributed by atoms with Crippen molar-refractivity contribution < 1.29 is 19.1 Å². The van der Waals surface area contributed by atoms with Gasteiger partial charge >= 0.3 is 11.9 Å². The molecule has 0 saturated heterocycles. The van der Waals surface area contributed by atoms with Crippen molar-refractivity contribution >= 4 is 35.5 Å². The fourth-order valence-electron chi connectivity index (χ4n) is 1.83. The Kier molecular flexibility index (Phi) is 6.02. The second-order valence-corrected chi connectivity index (χ2v) is 5.85. The van der Waals surface area contributed by atoms with Crippen LogP contribution in [0.25, 0.3) is 10.7 Å². The average Bonchev–Trinajstić information content (AvgIpc) is 3.17. The lowest BCUT2D eigenvalue weighted by atomic mass is 10.4. The van der Waals surface area contributed by atoms with Gasteiger partial charge in [-0.25, -0.2) is 4.68 Å². The standard InChI is InChI=1S/C13H16N4O4S2/c1-20-10(18)6-16(7-11(19)21-2)8-17-13(22)14-12(15-17)9-4-3-5-23-9/h3-5H,6-8H2,1-2H3,(H,14,15,22). The SMILES string of the molecule is COC(=O)CN(CC(=O)OC)Cn1[nH]c(-c2cccs2)nc1=S. The fraction of sp³-hybridized carbons (Fsp3) is 0.385. The summed E-state index contributed by atoms with van der Waals surface area (Å²) in [6.45, 7) is 0.0445. The largest absolute Gasteiger partial charge is 0.468 e. The summed E-state index contributed by atoms with van der Waals surface area (Å²) in [6.07, 6.45) is 0. The Labute approximate surface area is 141 Å². The lowest BCUT2D eigenvalue weighted by Crippen LogP contribution is -2.37. The molecule has 23 heavy (non-hydrogen) atoms. The molecule has 0 atom stereocenters. The predicted octanol–water partition coefficient (Wildman–Crippen LogP) is 1.27. The van der Waals surface area contributed by atoms with Crippen LogP contribution in [0.1, 0.15) is 0 Å². The summed E-state index contributed by atoms with van der Waals surface area (Å²) in [6, 6.07) is 3.83. The number of rotatable bonds is 7. The molecular weight excluding hydrogens is 340 g/mol. The zero-order chi connectivity index (χ0) is 16.8. The summed E-state index contributed by atoms with van der Waals surface area (Å²) >= 11 is 6.75. The summed E-state index contributed by atoms with van der Waals surface area (Å²) in [4.78, 5) is 29.7. The molecule has 0 unspecified atom stereocenters. The van der Waals surface area contributed by atoms with Crippen molar-refractivity contribution in [2.45, 2.75) is 6.67 Å². The summed E-state index contributed by atoms with van der Waals surface area (Å²) in [7, 11) is 2.57. The van der Waals surface area contributed by atoms with Crippen LogP contribution in [-0.4, -0.2) is 58.9 Å². The zero-order valence-corrected chi connectivity index (χ0v) is 14.3. The Morgan fingerprint density at radius 2 is 2.00 bits per heavy atom. The van der Waals surface area contributed by atoms with Gasteiger partial charge in [-0.1, -0.05) is 6.07 Å². The Balaban J connectivity index is 2.16. The number of methoxy groups -OCH3 is 2. The van der Waals surface area contributed by atoms with Crippen molar-refractivity contribution in [2.24, 2.45) is 0 Å². The minimum absolute atomic E-state index is 0.0687. The topological polar surface area (TPSA) is 89.5 Å². The third-order valence-electron chi connectivity index (χ3n) is 2.94. The molecule has 0 aliphatic heterocycles. The van der Waals surface area contributed by atoms with E-state index in [0.29, 0.717) is 10.6 Å². The van der Waals surface area contributed by atoms with Crippen LogP contribution < -0.4 is 0 Å². The molecule has 0 aliphatic rings. The predicted molar refractivity (Wildman–Crippen MR) is 86.3 cm³/mol. The van der Waals surface area contributed by atoms with Crippen molar-refractivity contribution in [3.05, 3.63) is 22.3 Å². The van der Waals surface area contributed by atoms with Crippen LogP contribution in [0.4, 0.5) is 0 Å². The lowest BCUT2D eigenvalue weighted by molar-refractivity contribution is -0.146. The molecule has 0 aliphatic carbocycles. The Bertz CT molecular complexity index is 705. The molecule has 0 saturated carbocycles. The number of H-pyrrole nitrogens is 1. The first-order chi connectivity index (χ1) is 11.0. The molecule has 2 heterocycles. The second-order valence-electron chi connectivity index (χ2n) is 4.54. The van der Waals surface area contributed by atoms with Crippen LogP contribution in [0.3, 0.4) is 0 Å². The van der Waals surface area contributed by atoms with E-state index in [2.05, 4.69) is 19.6 Å². The van der Waals surface area contributed by atoms with Gasteiger partial charge in [0, 0.05) is 0 Å². The van der Waals surface area contributed by atoms with E-state index in [1.807, 2.05) is 17.5 Å². The van der Waals surface area contributed by atoms with Gasteiger partial charge in [-0.15, -0.1) is 11.3 Å². The van der Waals surface area contributed by atoms with Gasteiger partial charge in [-0.2, -0.15) is 4.98 Å². The maximum atomic E-state index is 11.5. The number of hydrogen-bond acceptors (Lipinski definition) is 8. The quantitative estimate of drug-likeness (QED) is 0.590. The maximum absolute atomic E-state index is 11.5. The second kappa shape index (κ2) is 7.99. The van der Waals surface area contributed by atoms with Crippen LogP contribution in [-0.2, 0) is 25.7 Å². The number of ether oxygens (including phenoxy) is 2.